The van der Waals surface area contributed by atoms with E-state index in [2.05, 4.69) is 51.7 Å². The van der Waals surface area contributed by atoms with Crippen molar-refractivity contribution in [3.8, 4) is 17.5 Å². The molecule has 1 saturated carbocycles. The highest BCUT2D eigenvalue weighted by atomic mass is 19.4. The zero-order valence-electron chi connectivity index (χ0n) is 19.2. The van der Waals surface area contributed by atoms with Gasteiger partial charge in [0.05, 0.1) is 17.2 Å². The van der Waals surface area contributed by atoms with Crippen LogP contribution in [0.15, 0.2) is 41.3 Å². The lowest BCUT2D eigenvalue weighted by molar-refractivity contribution is -0.159. The number of nitrogens with one attached hydrogen (secondary N) is 1. The van der Waals surface area contributed by atoms with Crippen LogP contribution in [0.25, 0.3) is 22.3 Å². The third kappa shape index (κ3) is 3.95. The Kier molecular flexibility index (Phi) is 5.19. The standard InChI is InChI=1S/C24H21F3N8O/c1-34-10-15(16-4-13(5-28)2-3-20(16)34)6-29-9-17-18-11-35(12-19(17)18)23-30-7-14(8-31-23)21-32-22(36-33-21)24(25,26)27/h2-4,7-8,10,17-19,29H,6,9,11-12H2,1H3. The van der Waals surface area contributed by atoms with Crippen LogP contribution in [0.1, 0.15) is 17.0 Å². The van der Waals surface area contributed by atoms with Gasteiger partial charge in [0.15, 0.2) is 0 Å². The third-order valence-electron chi connectivity index (χ3n) is 7.12. The van der Waals surface area contributed by atoms with E-state index in [0.29, 0.717) is 29.3 Å². The molecule has 1 aliphatic heterocycles. The van der Waals surface area contributed by atoms with Crippen LogP contribution in [0.2, 0.25) is 0 Å². The van der Waals surface area contributed by atoms with Gasteiger partial charge in [0.1, 0.15) is 0 Å². The first kappa shape index (κ1) is 22.5. The first-order chi connectivity index (χ1) is 17.3. The summed E-state index contributed by atoms with van der Waals surface area (Å²) < 4.78 is 44.3. The zero-order valence-corrected chi connectivity index (χ0v) is 19.2. The van der Waals surface area contributed by atoms with Crippen molar-refractivity contribution in [2.45, 2.75) is 12.7 Å². The minimum absolute atomic E-state index is 0.195. The van der Waals surface area contributed by atoms with E-state index in [1.807, 2.05) is 25.2 Å². The average molecular weight is 494 g/mol. The van der Waals surface area contributed by atoms with E-state index in [4.69, 9.17) is 0 Å². The predicted molar refractivity (Wildman–Crippen MR) is 122 cm³/mol. The van der Waals surface area contributed by atoms with Crippen molar-refractivity contribution in [3.05, 3.63) is 53.8 Å². The van der Waals surface area contributed by atoms with Crippen LogP contribution in [0.4, 0.5) is 19.1 Å². The normalized spacial score (nSPS) is 21.1. The lowest BCUT2D eigenvalue weighted by Gasteiger charge is -2.19. The van der Waals surface area contributed by atoms with E-state index < -0.39 is 12.1 Å². The number of benzene rings is 1. The Labute approximate surface area is 203 Å². The van der Waals surface area contributed by atoms with Crippen LogP contribution in [-0.2, 0) is 19.8 Å². The van der Waals surface area contributed by atoms with Crippen molar-refractivity contribution < 1.29 is 17.7 Å². The number of aromatic nitrogens is 5. The van der Waals surface area contributed by atoms with Crippen LogP contribution in [0, 0.1) is 29.1 Å². The molecule has 9 nitrogen and oxygen atoms in total. The van der Waals surface area contributed by atoms with E-state index in [1.165, 1.54) is 18.0 Å². The molecule has 1 aromatic carbocycles. The Morgan fingerprint density at radius 2 is 1.94 bits per heavy atom. The summed E-state index contributed by atoms with van der Waals surface area (Å²) in [6.07, 6.45) is 0.244. The van der Waals surface area contributed by atoms with Crippen LogP contribution >= 0.6 is 0 Å². The molecule has 4 aromatic rings. The molecule has 36 heavy (non-hydrogen) atoms. The molecule has 2 unspecified atom stereocenters. The van der Waals surface area contributed by atoms with Gasteiger partial charge in [-0.15, -0.1) is 0 Å². The molecule has 4 heterocycles. The number of halogens is 3. The van der Waals surface area contributed by atoms with Crippen molar-refractivity contribution in [2.24, 2.45) is 24.8 Å². The maximum atomic E-state index is 12.7. The number of aryl methyl sites for hydroxylation is 1. The lowest BCUT2D eigenvalue weighted by atomic mass is 10.1. The third-order valence-corrected chi connectivity index (χ3v) is 7.12. The molecule has 0 spiro atoms. The summed E-state index contributed by atoms with van der Waals surface area (Å²) in [6.45, 7) is 3.34. The summed E-state index contributed by atoms with van der Waals surface area (Å²) in [5.41, 5.74) is 3.20. The number of anilines is 1. The van der Waals surface area contributed by atoms with Crippen LogP contribution < -0.4 is 10.2 Å². The van der Waals surface area contributed by atoms with Gasteiger partial charge in [0.2, 0.25) is 11.8 Å². The van der Waals surface area contributed by atoms with Gasteiger partial charge in [0, 0.05) is 56.2 Å². The van der Waals surface area contributed by atoms with Crippen molar-refractivity contribution in [1.82, 2.24) is 30.0 Å². The summed E-state index contributed by atoms with van der Waals surface area (Å²) in [5.74, 6) is 0.661. The summed E-state index contributed by atoms with van der Waals surface area (Å²) in [7, 11) is 2.01. The van der Waals surface area contributed by atoms with E-state index >= 15 is 0 Å². The molecule has 0 bridgehead atoms. The van der Waals surface area contributed by atoms with Crippen LogP contribution in [-0.4, -0.2) is 44.3 Å². The number of fused-ring (bicyclic) bond motifs is 2. The Morgan fingerprint density at radius 1 is 1.19 bits per heavy atom. The second-order valence-electron chi connectivity index (χ2n) is 9.33. The molecular weight excluding hydrogens is 473 g/mol. The molecule has 2 aliphatic rings. The van der Waals surface area contributed by atoms with Gasteiger partial charge in [-0.2, -0.15) is 23.4 Å². The summed E-state index contributed by atoms with van der Waals surface area (Å²) in [5, 5.41) is 17.3. The number of hydrogen-bond donors (Lipinski definition) is 1. The second kappa shape index (κ2) is 8.30. The molecule has 0 amide bonds. The van der Waals surface area contributed by atoms with Crippen LogP contribution in [0.3, 0.4) is 0 Å². The number of hydrogen-bond acceptors (Lipinski definition) is 8. The molecule has 184 valence electrons. The Bertz CT molecular complexity index is 1460. The van der Waals surface area contributed by atoms with Gasteiger partial charge in [-0.05, 0) is 48.1 Å². The fourth-order valence-electron chi connectivity index (χ4n) is 5.23. The van der Waals surface area contributed by atoms with Gasteiger partial charge in [-0.3, -0.25) is 0 Å². The van der Waals surface area contributed by atoms with E-state index in [1.54, 1.807) is 0 Å². The Balaban J connectivity index is 1.02. The second-order valence-corrected chi connectivity index (χ2v) is 9.33. The number of alkyl halides is 3. The monoisotopic (exact) mass is 494 g/mol. The summed E-state index contributed by atoms with van der Waals surface area (Å²) >= 11 is 0. The Morgan fingerprint density at radius 3 is 2.61 bits per heavy atom. The fraction of sp³-hybridized carbons (Fsp3) is 0.375. The van der Waals surface area contributed by atoms with Gasteiger partial charge < -0.3 is 19.3 Å². The number of rotatable bonds is 6. The highest BCUT2D eigenvalue weighted by Gasteiger charge is 2.55. The summed E-state index contributed by atoms with van der Waals surface area (Å²) in [4.78, 5) is 14.1. The van der Waals surface area contributed by atoms with Crippen LogP contribution in [0.5, 0.6) is 0 Å². The SMILES string of the molecule is Cn1cc(CNCC2C3CN(c4ncc(-c5noc(C(F)(F)F)n5)cn4)CC23)c2cc(C#N)ccc21. The van der Waals surface area contributed by atoms with Gasteiger partial charge >= 0.3 is 12.1 Å². The zero-order chi connectivity index (χ0) is 25.0. The van der Waals surface area contributed by atoms with Gasteiger partial charge in [-0.1, -0.05) is 5.16 Å². The molecule has 1 N–H and O–H groups in total. The maximum absolute atomic E-state index is 12.7. The highest BCUT2D eigenvalue weighted by Crippen LogP contribution is 2.51. The molecule has 1 saturated heterocycles. The van der Waals surface area contributed by atoms with Gasteiger partial charge in [-0.25, -0.2) is 9.97 Å². The van der Waals surface area contributed by atoms with Crippen molar-refractivity contribution in [1.29, 1.82) is 5.26 Å². The topological polar surface area (TPSA) is 109 Å². The smallest absolute Gasteiger partial charge is 0.350 e. The molecule has 1 aliphatic carbocycles. The quantitative estimate of drug-likeness (QED) is 0.435. The van der Waals surface area contributed by atoms with E-state index in [0.717, 1.165) is 37.1 Å². The molecule has 6 rings (SSSR count). The van der Waals surface area contributed by atoms with Crippen molar-refractivity contribution in [3.63, 3.8) is 0 Å². The fourth-order valence-corrected chi connectivity index (χ4v) is 5.23. The van der Waals surface area contributed by atoms with Crippen molar-refractivity contribution in [2.75, 3.05) is 24.5 Å². The highest BCUT2D eigenvalue weighted by molar-refractivity contribution is 5.85. The summed E-state index contributed by atoms with van der Waals surface area (Å²) in [6, 6.07) is 7.96. The molecule has 0 radical (unpaired) electrons. The maximum Gasteiger partial charge on any atom is 0.471 e. The molecule has 12 heteroatoms. The molecular formula is C24H21F3N8O. The largest absolute Gasteiger partial charge is 0.471 e. The average Bonchev–Trinajstić information content (AvgIpc) is 3.31. The first-order valence-electron chi connectivity index (χ1n) is 11.5. The molecule has 2 atom stereocenters. The number of piperidine rings is 1. The van der Waals surface area contributed by atoms with E-state index in [9.17, 15) is 18.4 Å². The first-order valence-corrected chi connectivity index (χ1v) is 11.5. The minimum Gasteiger partial charge on any atom is -0.350 e. The predicted octanol–water partition coefficient (Wildman–Crippen LogP) is 3.38. The molecule has 3 aromatic heterocycles. The number of nitrogens with zero attached hydrogens (tertiary/aromatic N) is 7. The minimum atomic E-state index is -4.69. The van der Waals surface area contributed by atoms with Crippen molar-refractivity contribution >= 4 is 16.9 Å². The van der Waals surface area contributed by atoms with Gasteiger partial charge in [0.25, 0.3) is 0 Å². The Hall–Kier alpha value is -3.98. The van der Waals surface area contributed by atoms with E-state index in [-0.39, 0.29) is 11.4 Å². The lowest BCUT2D eigenvalue weighted by Crippen LogP contribution is -2.28. The molecule has 2 fully saturated rings. The number of nitriles is 1.